The van der Waals surface area contributed by atoms with Crippen molar-refractivity contribution in [2.24, 2.45) is 0 Å². The lowest BCUT2D eigenvalue weighted by Gasteiger charge is -2.31. The van der Waals surface area contributed by atoms with E-state index in [2.05, 4.69) is 4.90 Å². The molecule has 2 aliphatic heterocycles. The zero-order valence-electron chi connectivity index (χ0n) is 13.9. The Morgan fingerprint density at radius 1 is 1.08 bits per heavy atom. The monoisotopic (exact) mass is 372 g/mol. The highest BCUT2D eigenvalue weighted by Gasteiger charge is 2.33. The van der Waals surface area contributed by atoms with E-state index in [0.29, 0.717) is 12.1 Å². The van der Waals surface area contributed by atoms with E-state index in [1.54, 1.807) is 16.4 Å². The largest absolute Gasteiger partial charge is 0.302 e. The van der Waals surface area contributed by atoms with Crippen molar-refractivity contribution < 1.29 is 12.8 Å². The van der Waals surface area contributed by atoms with Crippen molar-refractivity contribution in [2.45, 2.75) is 31.1 Å². The topological polar surface area (TPSA) is 40.6 Å². The summed E-state index contributed by atoms with van der Waals surface area (Å²) in [5.74, 6) is 1.49. The maximum Gasteiger partial charge on any atom is 0.218 e. The average Bonchev–Trinajstić information content (AvgIpc) is 2.93. The van der Waals surface area contributed by atoms with Crippen LogP contribution in [0.25, 0.3) is 0 Å². The van der Waals surface area contributed by atoms with Crippen LogP contribution in [0.4, 0.5) is 4.39 Å². The highest BCUT2D eigenvalue weighted by atomic mass is 32.2. The first-order chi connectivity index (χ1) is 11.5. The molecule has 3 rings (SSSR count). The summed E-state index contributed by atoms with van der Waals surface area (Å²) in [6.07, 6.45) is 3.31. The van der Waals surface area contributed by atoms with Gasteiger partial charge in [-0.05, 0) is 55.8 Å². The molecule has 0 aromatic heterocycles. The number of benzene rings is 1. The molecule has 0 bridgehead atoms. The van der Waals surface area contributed by atoms with Crippen LogP contribution < -0.4 is 0 Å². The Hall–Kier alpha value is -0.630. The van der Waals surface area contributed by atoms with Crippen molar-refractivity contribution in [2.75, 3.05) is 37.7 Å². The summed E-state index contributed by atoms with van der Waals surface area (Å²) in [5, 5.41) is 0. The summed E-state index contributed by atoms with van der Waals surface area (Å²) in [7, 11) is -3.39. The molecule has 1 unspecified atom stereocenters. The van der Waals surface area contributed by atoms with Crippen LogP contribution in [0.3, 0.4) is 0 Å². The second kappa shape index (κ2) is 8.17. The van der Waals surface area contributed by atoms with Crippen LogP contribution in [0.15, 0.2) is 24.3 Å². The number of likely N-dealkylation sites (tertiary alicyclic amines) is 1. The molecule has 134 valence electrons. The van der Waals surface area contributed by atoms with Gasteiger partial charge in [0.25, 0.3) is 0 Å². The number of hydrogen-bond acceptors (Lipinski definition) is 4. The molecule has 2 aliphatic rings. The quantitative estimate of drug-likeness (QED) is 0.797. The minimum Gasteiger partial charge on any atom is -0.302 e. The Morgan fingerprint density at radius 3 is 2.50 bits per heavy atom. The van der Waals surface area contributed by atoms with Crippen molar-refractivity contribution in [3.05, 3.63) is 35.6 Å². The van der Waals surface area contributed by atoms with E-state index in [1.807, 2.05) is 11.8 Å². The fourth-order valence-corrected chi connectivity index (χ4v) is 6.39. The summed E-state index contributed by atoms with van der Waals surface area (Å²) in [6, 6.07) is 5.82. The maximum atomic E-state index is 13.0. The minimum absolute atomic E-state index is 0.0426. The summed E-state index contributed by atoms with van der Waals surface area (Å²) in [5.41, 5.74) is 0.647. The molecule has 1 atom stereocenters. The summed E-state index contributed by atoms with van der Waals surface area (Å²) < 4.78 is 40.7. The van der Waals surface area contributed by atoms with Gasteiger partial charge < -0.3 is 4.90 Å². The molecule has 0 saturated carbocycles. The van der Waals surface area contributed by atoms with E-state index in [4.69, 9.17) is 0 Å². The van der Waals surface area contributed by atoms with Crippen LogP contribution in [0.5, 0.6) is 0 Å². The predicted molar refractivity (Wildman–Crippen MR) is 97.1 cm³/mol. The number of hydrogen-bond donors (Lipinski definition) is 0. The van der Waals surface area contributed by atoms with E-state index >= 15 is 0 Å². The van der Waals surface area contributed by atoms with Crippen LogP contribution in [-0.2, 0) is 15.8 Å². The lowest BCUT2D eigenvalue weighted by Crippen LogP contribution is -2.47. The minimum atomic E-state index is -3.39. The first-order valence-corrected chi connectivity index (χ1v) is 11.3. The summed E-state index contributed by atoms with van der Waals surface area (Å²) >= 11 is 1.85. The first kappa shape index (κ1) is 18.2. The average molecular weight is 373 g/mol. The molecule has 1 aromatic rings. The van der Waals surface area contributed by atoms with Crippen LogP contribution in [0.2, 0.25) is 0 Å². The number of halogens is 1. The van der Waals surface area contributed by atoms with E-state index < -0.39 is 10.0 Å². The fraction of sp³-hybridized carbons (Fsp3) is 0.647. The molecule has 4 nitrogen and oxygen atoms in total. The molecule has 2 heterocycles. The highest BCUT2D eigenvalue weighted by molar-refractivity contribution is 7.99. The zero-order chi connectivity index (χ0) is 17.0. The number of rotatable bonds is 5. The predicted octanol–water partition coefficient (Wildman–Crippen LogP) is 2.56. The van der Waals surface area contributed by atoms with Crippen LogP contribution >= 0.6 is 11.8 Å². The smallest absolute Gasteiger partial charge is 0.218 e. The van der Waals surface area contributed by atoms with Gasteiger partial charge in [0.05, 0.1) is 5.75 Å². The van der Waals surface area contributed by atoms with E-state index in [9.17, 15) is 12.8 Å². The third kappa shape index (κ3) is 4.71. The zero-order valence-corrected chi connectivity index (χ0v) is 15.5. The Labute approximate surface area is 148 Å². The molecule has 2 saturated heterocycles. The molecule has 0 amide bonds. The Balaban J connectivity index is 1.74. The van der Waals surface area contributed by atoms with Crippen molar-refractivity contribution in [3.63, 3.8) is 0 Å². The van der Waals surface area contributed by atoms with Gasteiger partial charge in [-0.2, -0.15) is 16.1 Å². The second-order valence-electron chi connectivity index (χ2n) is 6.58. The molecule has 24 heavy (non-hydrogen) atoms. The van der Waals surface area contributed by atoms with Gasteiger partial charge in [0.15, 0.2) is 0 Å². The van der Waals surface area contributed by atoms with Crippen molar-refractivity contribution in [1.82, 2.24) is 9.21 Å². The lowest BCUT2D eigenvalue weighted by molar-refractivity contribution is 0.243. The van der Waals surface area contributed by atoms with Gasteiger partial charge >= 0.3 is 0 Å². The number of nitrogens with zero attached hydrogens (tertiary/aromatic N) is 2. The van der Waals surface area contributed by atoms with Gasteiger partial charge in [-0.1, -0.05) is 12.1 Å². The number of sulfonamides is 1. The highest BCUT2D eigenvalue weighted by Crippen LogP contribution is 2.23. The summed E-state index contributed by atoms with van der Waals surface area (Å²) in [6.45, 7) is 3.57. The van der Waals surface area contributed by atoms with Crippen molar-refractivity contribution in [3.8, 4) is 0 Å². The first-order valence-electron chi connectivity index (χ1n) is 8.59. The lowest BCUT2D eigenvalue weighted by atomic mass is 10.2. The third-order valence-corrected chi connectivity index (χ3v) is 7.76. The number of thioether (sulfide) groups is 1. The molecular formula is C17H25FN2O2S2. The maximum absolute atomic E-state index is 13.0. The molecule has 1 aromatic carbocycles. The van der Waals surface area contributed by atoms with Crippen LogP contribution in [-0.4, -0.2) is 61.3 Å². The normalized spacial score (nSPS) is 24.1. The van der Waals surface area contributed by atoms with Gasteiger partial charge in [0, 0.05) is 24.9 Å². The van der Waals surface area contributed by atoms with E-state index in [1.165, 1.54) is 25.0 Å². The molecule has 7 heteroatoms. The SMILES string of the molecule is O=S(=O)(Cc1ccc(F)cc1)N1CCCSCC1CN1CCCC1. The Bertz CT molecular complexity index is 630. The third-order valence-electron chi connectivity index (χ3n) is 4.67. The van der Waals surface area contributed by atoms with Crippen molar-refractivity contribution in [1.29, 1.82) is 0 Å². The van der Waals surface area contributed by atoms with E-state index in [0.717, 1.165) is 37.6 Å². The van der Waals surface area contributed by atoms with Gasteiger partial charge in [0.2, 0.25) is 10.0 Å². The van der Waals surface area contributed by atoms with Crippen LogP contribution in [0, 0.1) is 5.82 Å². The molecule has 0 N–H and O–H groups in total. The van der Waals surface area contributed by atoms with Crippen LogP contribution in [0.1, 0.15) is 24.8 Å². The molecule has 0 spiro atoms. The van der Waals surface area contributed by atoms with Crippen molar-refractivity contribution >= 4 is 21.8 Å². The summed E-state index contributed by atoms with van der Waals surface area (Å²) in [4.78, 5) is 2.39. The molecule has 2 fully saturated rings. The molecule has 0 radical (unpaired) electrons. The Kier molecular flexibility index (Phi) is 6.18. The molecule has 0 aliphatic carbocycles. The second-order valence-corrected chi connectivity index (χ2v) is 9.65. The standard InChI is InChI=1S/C17H25FN2O2S2/c18-16-6-4-15(5-7-16)14-24(21,22)20-10-3-11-23-13-17(20)12-19-8-1-2-9-19/h4-7,17H,1-3,8-14H2. The van der Waals surface area contributed by atoms with E-state index in [-0.39, 0.29) is 17.6 Å². The van der Waals surface area contributed by atoms with Gasteiger partial charge in [-0.25, -0.2) is 12.8 Å². The molecular weight excluding hydrogens is 347 g/mol. The Morgan fingerprint density at radius 2 is 1.79 bits per heavy atom. The van der Waals surface area contributed by atoms with Gasteiger partial charge in [-0.15, -0.1) is 0 Å². The van der Waals surface area contributed by atoms with Gasteiger partial charge in [-0.3, -0.25) is 0 Å². The van der Waals surface area contributed by atoms with Gasteiger partial charge in [0.1, 0.15) is 5.82 Å². The fourth-order valence-electron chi connectivity index (χ4n) is 3.45.